The molecule has 0 aliphatic rings. The van der Waals surface area contributed by atoms with Crippen molar-refractivity contribution in [2.75, 3.05) is 5.32 Å². The first kappa shape index (κ1) is 14.9. The van der Waals surface area contributed by atoms with Gasteiger partial charge >= 0.3 is 11.4 Å². The Labute approximate surface area is 128 Å². The highest BCUT2D eigenvalue weighted by atomic mass is 79.9. The summed E-state index contributed by atoms with van der Waals surface area (Å²) in [6.45, 7) is 0.334. The largest absolute Gasteiger partial charge is 0.381 e. The number of benzene rings is 2. The standard InChI is InChI=1S/C13H10BrN3O4/c14-10-2-4-11(5-3-10)15-8-9-1-6-12(16(18)19)13(7-9)17(20)21/h1-7,15H,8H2. The van der Waals surface area contributed by atoms with Gasteiger partial charge in [0.1, 0.15) is 0 Å². The van der Waals surface area contributed by atoms with Crippen molar-refractivity contribution in [3.63, 3.8) is 0 Å². The van der Waals surface area contributed by atoms with Gasteiger partial charge in [0, 0.05) is 28.8 Å². The van der Waals surface area contributed by atoms with E-state index >= 15 is 0 Å². The molecular weight excluding hydrogens is 342 g/mol. The Morgan fingerprint density at radius 1 is 0.952 bits per heavy atom. The van der Waals surface area contributed by atoms with E-state index in [-0.39, 0.29) is 0 Å². The summed E-state index contributed by atoms with van der Waals surface area (Å²) in [5.41, 5.74) is 0.428. The molecule has 2 rings (SSSR count). The molecule has 0 saturated heterocycles. The molecule has 0 saturated carbocycles. The van der Waals surface area contributed by atoms with Gasteiger partial charge in [-0.3, -0.25) is 20.2 Å². The molecule has 0 radical (unpaired) electrons. The van der Waals surface area contributed by atoms with Crippen LogP contribution in [0, 0.1) is 20.2 Å². The monoisotopic (exact) mass is 351 g/mol. The number of anilines is 1. The number of nitro groups is 2. The SMILES string of the molecule is O=[N+]([O-])c1ccc(CNc2ccc(Br)cc2)cc1[N+](=O)[O-]. The Kier molecular flexibility index (Phi) is 4.49. The molecule has 0 unspecified atom stereocenters. The Bertz CT molecular complexity index is 688. The zero-order valence-corrected chi connectivity index (χ0v) is 12.2. The van der Waals surface area contributed by atoms with Crippen LogP contribution in [0.15, 0.2) is 46.9 Å². The van der Waals surface area contributed by atoms with Crippen molar-refractivity contribution in [1.29, 1.82) is 0 Å². The van der Waals surface area contributed by atoms with Crippen LogP contribution >= 0.6 is 15.9 Å². The van der Waals surface area contributed by atoms with E-state index in [9.17, 15) is 20.2 Å². The van der Waals surface area contributed by atoms with Gasteiger partial charge in [0.2, 0.25) is 0 Å². The summed E-state index contributed by atoms with van der Waals surface area (Å²) in [5, 5.41) is 24.7. The van der Waals surface area contributed by atoms with E-state index in [2.05, 4.69) is 21.2 Å². The Balaban J connectivity index is 2.17. The van der Waals surface area contributed by atoms with E-state index in [1.165, 1.54) is 12.1 Å². The maximum absolute atomic E-state index is 10.9. The quantitative estimate of drug-likeness (QED) is 0.650. The predicted molar refractivity (Wildman–Crippen MR) is 81.2 cm³/mol. The van der Waals surface area contributed by atoms with Crippen molar-refractivity contribution in [2.45, 2.75) is 6.54 Å². The van der Waals surface area contributed by atoms with E-state index in [4.69, 9.17) is 0 Å². The third kappa shape index (κ3) is 3.76. The second kappa shape index (κ2) is 6.31. The molecule has 0 fully saturated rings. The van der Waals surface area contributed by atoms with Crippen molar-refractivity contribution in [2.24, 2.45) is 0 Å². The highest BCUT2D eigenvalue weighted by Crippen LogP contribution is 2.27. The van der Waals surface area contributed by atoms with Gasteiger partial charge in [-0.15, -0.1) is 0 Å². The summed E-state index contributed by atoms with van der Waals surface area (Å²) >= 11 is 3.32. The average Bonchev–Trinajstić information content (AvgIpc) is 2.46. The van der Waals surface area contributed by atoms with Gasteiger partial charge in [-0.2, -0.15) is 0 Å². The van der Waals surface area contributed by atoms with Crippen molar-refractivity contribution < 1.29 is 9.85 Å². The molecule has 0 spiro atoms. The fraction of sp³-hybridized carbons (Fsp3) is 0.0769. The lowest BCUT2D eigenvalue weighted by atomic mass is 10.1. The summed E-state index contributed by atoms with van der Waals surface area (Å²) in [7, 11) is 0. The second-order valence-corrected chi connectivity index (χ2v) is 5.11. The lowest BCUT2D eigenvalue weighted by molar-refractivity contribution is -0.422. The van der Waals surface area contributed by atoms with Crippen LogP contribution in [0.4, 0.5) is 17.1 Å². The normalized spacial score (nSPS) is 10.1. The number of hydrogen-bond donors (Lipinski definition) is 1. The van der Waals surface area contributed by atoms with Crippen LogP contribution in [0.25, 0.3) is 0 Å². The topological polar surface area (TPSA) is 98.3 Å². The number of nitro benzene ring substituents is 2. The fourth-order valence-electron chi connectivity index (χ4n) is 1.75. The van der Waals surface area contributed by atoms with Crippen molar-refractivity contribution in [3.05, 3.63) is 72.7 Å². The zero-order valence-electron chi connectivity index (χ0n) is 10.7. The lowest BCUT2D eigenvalue weighted by Crippen LogP contribution is -2.02. The molecular formula is C13H10BrN3O4. The maximum Gasteiger partial charge on any atom is 0.346 e. The molecule has 21 heavy (non-hydrogen) atoms. The Hall–Kier alpha value is -2.48. The third-order valence-electron chi connectivity index (χ3n) is 2.77. The highest BCUT2D eigenvalue weighted by molar-refractivity contribution is 9.10. The molecule has 108 valence electrons. The van der Waals surface area contributed by atoms with Gasteiger partial charge < -0.3 is 5.32 Å². The van der Waals surface area contributed by atoms with Gasteiger partial charge in [0.25, 0.3) is 0 Å². The molecule has 1 N–H and O–H groups in total. The maximum atomic E-state index is 10.9. The number of halogens is 1. The average molecular weight is 352 g/mol. The number of nitrogens with one attached hydrogen (secondary N) is 1. The van der Waals surface area contributed by atoms with Crippen molar-refractivity contribution >= 4 is 33.0 Å². The predicted octanol–water partition coefficient (Wildman–Crippen LogP) is 3.88. The molecule has 0 aromatic heterocycles. The third-order valence-corrected chi connectivity index (χ3v) is 3.30. The number of rotatable bonds is 5. The Morgan fingerprint density at radius 3 is 2.14 bits per heavy atom. The highest BCUT2D eigenvalue weighted by Gasteiger charge is 2.23. The first-order valence-electron chi connectivity index (χ1n) is 5.88. The van der Waals surface area contributed by atoms with Gasteiger partial charge in [-0.05, 0) is 35.9 Å². The van der Waals surface area contributed by atoms with Gasteiger partial charge in [0.15, 0.2) is 0 Å². The van der Waals surface area contributed by atoms with Crippen LogP contribution in [0.2, 0.25) is 0 Å². The van der Waals surface area contributed by atoms with Crippen LogP contribution in [0.1, 0.15) is 5.56 Å². The van der Waals surface area contributed by atoms with Crippen LogP contribution in [-0.4, -0.2) is 9.85 Å². The summed E-state index contributed by atoms with van der Waals surface area (Å²) in [5.74, 6) is 0. The molecule has 7 nitrogen and oxygen atoms in total. The first-order valence-corrected chi connectivity index (χ1v) is 6.68. The van der Waals surface area contributed by atoms with E-state index < -0.39 is 21.2 Å². The number of nitrogens with zero attached hydrogens (tertiary/aromatic N) is 2. The lowest BCUT2D eigenvalue weighted by Gasteiger charge is -2.06. The molecule has 2 aromatic carbocycles. The van der Waals surface area contributed by atoms with Gasteiger partial charge in [-0.1, -0.05) is 15.9 Å². The molecule has 0 atom stereocenters. The van der Waals surface area contributed by atoms with Crippen molar-refractivity contribution in [1.82, 2.24) is 0 Å². The van der Waals surface area contributed by atoms with E-state index in [0.29, 0.717) is 12.1 Å². The van der Waals surface area contributed by atoms with E-state index in [1.54, 1.807) is 0 Å². The smallest absolute Gasteiger partial charge is 0.346 e. The molecule has 8 heteroatoms. The molecule has 0 heterocycles. The minimum absolute atomic E-state index is 0.334. The molecule has 0 aliphatic heterocycles. The summed E-state index contributed by atoms with van der Waals surface area (Å²) in [4.78, 5) is 20.1. The van der Waals surface area contributed by atoms with Crippen LogP contribution < -0.4 is 5.32 Å². The molecule has 0 aliphatic carbocycles. The van der Waals surface area contributed by atoms with Crippen LogP contribution in [0.5, 0.6) is 0 Å². The minimum Gasteiger partial charge on any atom is -0.381 e. The van der Waals surface area contributed by atoms with Gasteiger partial charge in [0.05, 0.1) is 9.85 Å². The van der Waals surface area contributed by atoms with Crippen molar-refractivity contribution in [3.8, 4) is 0 Å². The minimum atomic E-state index is -0.760. The summed E-state index contributed by atoms with van der Waals surface area (Å²) in [6.07, 6.45) is 0. The zero-order chi connectivity index (χ0) is 15.4. The van der Waals surface area contributed by atoms with Crippen LogP contribution in [0.3, 0.4) is 0 Å². The second-order valence-electron chi connectivity index (χ2n) is 4.20. The summed E-state index contributed by atoms with van der Waals surface area (Å²) < 4.78 is 0.944. The molecule has 2 aromatic rings. The summed E-state index contributed by atoms with van der Waals surface area (Å²) in [6, 6.07) is 11.3. The molecule has 0 bridgehead atoms. The first-order chi connectivity index (χ1) is 9.97. The number of hydrogen-bond acceptors (Lipinski definition) is 5. The molecule has 0 amide bonds. The van der Waals surface area contributed by atoms with Crippen LogP contribution in [-0.2, 0) is 6.54 Å². The Morgan fingerprint density at radius 2 is 1.57 bits per heavy atom. The van der Waals surface area contributed by atoms with E-state index in [0.717, 1.165) is 16.2 Å². The fourth-order valence-corrected chi connectivity index (χ4v) is 2.02. The van der Waals surface area contributed by atoms with E-state index in [1.807, 2.05) is 24.3 Å². The van der Waals surface area contributed by atoms with Gasteiger partial charge in [-0.25, -0.2) is 0 Å².